The number of sulfonamides is 1. The van der Waals surface area contributed by atoms with Crippen molar-refractivity contribution in [2.45, 2.75) is 31.0 Å². The maximum absolute atomic E-state index is 12.0. The van der Waals surface area contributed by atoms with Crippen molar-refractivity contribution < 1.29 is 13.2 Å². The van der Waals surface area contributed by atoms with E-state index in [-0.39, 0.29) is 11.1 Å². The molecule has 0 aliphatic carbocycles. The summed E-state index contributed by atoms with van der Waals surface area (Å²) in [7, 11) is -2.07. The highest BCUT2D eigenvalue weighted by molar-refractivity contribution is 7.89. The molecule has 6 nitrogen and oxygen atoms in total. The number of methoxy groups -OCH3 is 1. The Kier molecular flexibility index (Phi) is 5.67. The molecular formula is C11H19N3O3S. The molecule has 0 bridgehead atoms. The highest BCUT2D eigenvalue weighted by Gasteiger charge is 2.20. The van der Waals surface area contributed by atoms with E-state index in [4.69, 9.17) is 10.5 Å². The van der Waals surface area contributed by atoms with Gasteiger partial charge in [0.05, 0.1) is 6.61 Å². The standard InChI is InChI=1S/C11H19N3O3S/c1-3-10(8-17-2)14-18(15,16)11-5-4-9(6-12)7-13-11/h4-5,7,10,14H,3,6,8,12H2,1-2H3. The average Bonchev–Trinajstić information content (AvgIpc) is 2.38. The topological polar surface area (TPSA) is 94.3 Å². The zero-order chi connectivity index (χ0) is 13.6. The summed E-state index contributed by atoms with van der Waals surface area (Å²) in [4.78, 5) is 3.90. The molecule has 1 aromatic heterocycles. The number of nitrogens with one attached hydrogen (secondary N) is 1. The number of hydrogen-bond acceptors (Lipinski definition) is 5. The van der Waals surface area contributed by atoms with E-state index in [0.29, 0.717) is 19.6 Å². The van der Waals surface area contributed by atoms with Gasteiger partial charge in [-0.25, -0.2) is 18.1 Å². The summed E-state index contributed by atoms with van der Waals surface area (Å²) in [5, 5.41) is -0.00532. The Morgan fingerprint density at radius 2 is 2.22 bits per heavy atom. The Labute approximate surface area is 108 Å². The number of nitrogens with zero attached hydrogens (tertiary/aromatic N) is 1. The fourth-order valence-corrected chi connectivity index (χ4v) is 2.64. The summed E-state index contributed by atoms with van der Waals surface area (Å²) >= 11 is 0. The van der Waals surface area contributed by atoms with Gasteiger partial charge in [-0.2, -0.15) is 0 Å². The molecule has 0 aliphatic heterocycles. The first kappa shape index (κ1) is 15.0. The number of hydrogen-bond donors (Lipinski definition) is 2. The second-order valence-electron chi connectivity index (χ2n) is 3.89. The van der Waals surface area contributed by atoms with Crippen molar-refractivity contribution in [1.82, 2.24) is 9.71 Å². The lowest BCUT2D eigenvalue weighted by Crippen LogP contribution is -2.37. The smallest absolute Gasteiger partial charge is 0.258 e. The van der Waals surface area contributed by atoms with Crippen LogP contribution in [0, 0.1) is 0 Å². The number of nitrogens with two attached hydrogens (primary N) is 1. The maximum atomic E-state index is 12.0. The van der Waals surface area contributed by atoms with E-state index in [1.165, 1.54) is 19.4 Å². The molecular weight excluding hydrogens is 254 g/mol. The van der Waals surface area contributed by atoms with E-state index < -0.39 is 10.0 Å². The molecule has 1 atom stereocenters. The summed E-state index contributed by atoms with van der Waals surface area (Å²) in [5.41, 5.74) is 6.22. The van der Waals surface area contributed by atoms with Gasteiger partial charge < -0.3 is 10.5 Å². The predicted molar refractivity (Wildman–Crippen MR) is 68.4 cm³/mol. The zero-order valence-corrected chi connectivity index (χ0v) is 11.4. The van der Waals surface area contributed by atoms with Crippen LogP contribution in [-0.2, 0) is 21.3 Å². The van der Waals surface area contributed by atoms with Gasteiger partial charge >= 0.3 is 0 Å². The minimum absolute atomic E-state index is 0.00532. The summed E-state index contributed by atoms with van der Waals surface area (Å²) in [6.07, 6.45) is 2.11. The molecule has 102 valence electrons. The second kappa shape index (κ2) is 6.79. The van der Waals surface area contributed by atoms with Crippen LogP contribution in [0.1, 0.15) is 18.9 Å². The van der Waals surface area contributed by atoms with Crippen molar-refractivity contribution in [3.63, 3.8) is 0 Å². The first-order valence-electron chi connectivity index (χ1n) is 5.69. The van der Waals surface area contributed by atoms with E-state index >= 15 is 0 Å². The largest absolute Gasteiger partial charge is 0.383 e. The van der Waals surface area contributed by atoms with Gasteiger partial charge in [0.2, 0.25) is 0 Å². The third kappa shape index (κ3) is 4.02. The zero-order valence-electron chi connectivity index (χ0n) is 10.6. The van der Waals surface area contributed by atoms with Crippen molar-refractivity contribution in [3.8, 4) is 0 Å². The van der Waals surface area contributed by atoms with Gasteiger partial charge in [0.25, 0.3) is 10.0 Å². The summed E-state index contributed by atoms with van der Waals surface area (Å²) in [6.45, 7) is 2.55. The third-order valence-electron chi connectivity index (χ3n) is 2.49. The van der Waals surface area contributed by atoms with Gasteiger partial charge in [0, 0.05) is 25.9 Å². The number of rotatable bonds is 7. The van der Waals surface area contributed by atoms with Crippen LogP contribution in [0.3, 0.4) is 0 Å². The SMILES string of the molecule is CCC(COC)NS(=O)(=O)c1ccc(CN)cn1. The quantitative estimate of drug-likeness (QED) is 0.742. The Morgan fingerprint density at radius 1 is 1.50 bits per heavy atom. The van der Waals surface area contributed by atoms with Gasteiger partial charge in [-0.3, -0.25) is 0 Å². The van der Waals surface area contributed by atoms with E-state index in [2.05, 4.69) is 9.71 Å². The summed E-state index contributed by atoms with van der Waals surface area (Å²) in [5.74, 6) is 0. The van der Waals surface area contributed by atoms with E-state index in [9.17, 15) is 8.42 Å². The minimum Gasteiger partial charge on any atom is -0.383 e. The molecule has 1 unspecified atom stereocenters. The summed E-state index contributed by atoms with van der Waals surface area (Å²) in [6, 6.07) is 2.85. The molecule has 0 fully saturated rings. The molecule has 1 rings (SSSR count). The van der Waals surface area contributed by atoms with Crippen LogP contribution in [0.4, 0.5) is 0 Å². The molecule has 0 radical (unpaired) electrons. The molecule has 3 N–H and O–H groups in total. The number of aromatic nitrogens is 1. The molecule has 1 heterocycles. The van der Waals surface area contributed by atoms with Crippen LogP contribution in [0.15, 0.2) is 23.4 Å². The molecule has 0 amide bonds. The number of ether oxygens (including phenoxy) is 1. The molecule has 0 aliphatic rings. The Hall–Kier alpha value is -1.02. The van der Waals surface area contributed by atoms with Crippen LogP contribution < -0.4 is 10.5 Å². The van der Waals surface area contributed by atoms with Crippen molar-refractivity contribution >= 4 is 10.0 Å². The molecule has 18 heavy (non-hydrogen) atoms. The lowest BCUT2D eigenvalue weighted by Gasteiger charge is -2.15. The molecule has 0 saturated carbocycles. The molecule has 0 aromatic carbocycles. The second-order valence-corrected chi connectivity index (χ2v) is 5.55. The Balaban J connectivity index is 2.84. The lowest BCUT2D eigenvalue weighted by atomic mass is 10.3. The maximum Gasteiger partial charge on any atom is 0.258 e. The van der Waals surface area contributed by atoms with Gasteiger partial charge in [0.15, 0.2) is 5.03 Å². The Morgan fingerprint density at radius 3 is 2.67 bits per heavy atom. The molecule has 0 saturated heterocycles. The van der Waals surface area contributed by atoms with E-state index in [0.717, 1.165) is 5.56 Å². The van der Waals surface area contributed by atoms with Crippen molar-refractivity contribution in [2.24, 2.45) is 5.73 Å². The van der Waals surface area contributed by atoms with Gasteiger partial charge in [-0.1, -0.05) is 13.0 Å². The monoisotopic (exact) mass is 273 g/mol. The lowest BCUT2D eigenvalue weighted by molar-refractivity contribution is 0.173. The first-order valence-corrected chi connectivity index (χ1v) is 7.18. The highest BCUT2D eigenvalue weighted by Crippen LogP contribution is 2.08. The molecule has 1 aromatic rings. The fraction of sp³-hybridized carbons (Fsp3) is 0.545. The van der Waals surface area contributed by atoms with Crippen molar-refractivity contribution in [2.75, 3.05) is 13.7 Å². The molecule has 0 spiro atoms. The van der Waals surface area contributed by atoms with Crippen molar-refractivity contribution in [1.29, 1.82) is 0 Å². The predicted octanol–water partition coefficient (Wildman–Crippen LogP) is 0.244. The van der Waals surface area contributed by atoms with E-state index in [1.54, 1.807) is 6.07 Å². The van der Waals surface area contributed by atoms with Crippen LogP contribution in [0.2, 0.25) is 0 Å². The highest BCUT2D eigenvalue weighted by atomic mass is 32.2. The fourth-order valence-electron chi connectivity index (χ4n) is 1.41. The van der Waals surface area contributed by atoms with E-state index in [1.807, 2.05) is 6.92 Å². The van der Waals surface area contributed by atoms with Crippen LogP contribution >= 0.6 is 0 Å². The minimum atomic E-state index is -3.60. The Bertz CT molecular complexity index is 459. The molecule has 7 heteroatoms. The van der Waals surface area contributed by atoms with Crippen molar-refractivity contribution in [3.05, 3.63) is 23.9 Å². The third-order valence-corrected chi connectivity index (χ3v) is 3.93. The van der Waals surface area contributed by atoms with Gasteiger partial charge in [-0.05, 0) is 18.1 Å². The normalized spacial score (nSPS) is 13.5. The van der Waals surface area contributed by atoms with Gasteiger partial charge in [0.1, 0.15) is 0 Å². The first-order chi connectivity index (χ1) is 8.53. The average molecular weight is 273 g/mol. The number of pyridine rings is 1. The van der Waals surface area contributed by atoms with Crippen LogP contribution in [0.5, 0.6) is 0 Å². The van der Waals surface area contributed by atoms with Crippen LogP contribution in [0.25, 0.3) is 0 Å². The van der Waals surface area contributed by atoms with Gasteiger partial charge in [-0.15, -0.1) is 0 Å². The van der Waals surface area contributed by atoms with Crippen LogP contribution in [-0.4, -0.2) is 33.2 Å². The summed E-state index contributed by atoms with van der Waals surface area (Å²) < 4.78 is 31.5.